The molecule has 104 valence electrons. The largest absolute Gasteiger partial charge is 0.453 e. The summed E-state index contributed by atoms with van der Waals surface area (Å²) >= 11 is 0. The zero-order chi connectivity index (χ0) is 14.7. The zero-order valence-electron chi connectivity index (χ0n) is 11.8. The van der Waals surface area contributed by atoms with Crippen LogP contribution in [0, 0.1) is 0 Å². The maximum atomic E-state index is 11.4. The van der Waals surface area contributed by atoms with Gasteiger partial charge in [-0.3, -0.25) is 4.79 Å². The van der Waals surface area contributed by atoms with Crippen molar-refractivity contribution in [1.82, 2.24) is 0 Å². The number of carbonyl (C=O) groups is 1. The third-order valence-electron chi connectivity index (χ3n) is 3.46. The lowest BCUT2D eigenvalue weighted by Crippen LogP contribution is -2.10. The highest BCUT2D eigenvalue weighted by atomic mass is 16.5. The number of hydrogen-bond acceptors (Lipinski definition) is 2. The molecule has 0 aliphatic carbocycles. The van der Waals surface area contributed by atoms with Gasteiger partial charge in [0.05, 0.1) is 0 Å². The van der Waals surface area contributed by atoms with Gasteiger partial charge in [0.2, 0.25) is 0 Å². The van der Waals surface area contributed by atoms with Crippen LogP contribution in [0.25, 0.3) is 10.8 Å². The third kappa shape index (κ3) is 2.95. The van der Waals surface area contributed by atoms with Crippen LogP contribution >= 0.6 is 0 Å². The minimum Gasteiger partial charge on any atom is -0.453 e. The van der Waals surface area contributed by atoms with Gasteiger partial charge in [-0.15, -0.1) is 0 Å². The average molecular weight is 276 g/mol. The van der Waals surface area contributed by atoms with Crippen molar-refractivity contribution >= 4 is 16.7 Å². The van der Waals surface area contributed by atoms with Gasteiger partial charge in [0, 0.05) is 6.92 Å². The van der Waals surface area contributed by atoms with Crippen molar-refractivity contribution in [2.45, 2.75) is 13.0 Å². The van der Waals surface area contributed by atoms with Crippen LogP contribution in [0.3, 0.4) is 0 Å². The molecule has 0 radical (unpaired) electrons. The quantitative estimate of drug-likeness (QED) is 0.659. The molecule has 0 amide bonds. The normalized spacial score (nSPS) is 12.0. The van der Waals surface area contributed by atoms with Gasteiger partial charge in [0.15, 0.2) is 6.10 Å². The van der Waals surface area contributed by atoms with Crippen molar-refractivity contribution in [1.29, 1.82) is 0 Å². The van der Waals surface area contributed by atoms with Crippen molar-refractivity contribution < 1.29 is 9.53 Å². The molecule has 0 bridgehead atoms. The Labute approximate surface area is 124 Å². The summed E-state index contributed by atoms with van der Waals surface area (Å²) in [7, 11) is 0. The minimum absolute atomic E-state index is 0.281. The molecule has 1 atom stereocenters. The second-order valence-corrected chi connectivity index (χ2v) is 5.01. The summed E-state index contributed by atoms with van der Waals surface area (Å²) in [6.07, 6.45) is -0.367. The highest BCUT2D eigenvalue weighted by Gasteiger charge is 2.17. The van der Waals surface area contributed by atoms with Crippen molar-refractivity contribution in [3.8, 4) is 0 Å². The van der Waals surface area contributed by atoms with E-state index in [1.165, 1.54) is 12.3 Å². The highest BCUT2D eigenvalue weighted by molar-refractivity contribution is 5.83. The smallest absolute Gasteiger partial charge is 0.303 e. The molecule has 0 unspecified atom stereocenters. The molecule has 0 saturated carbocycles. The summed E-state index contributed by atoms with van der Waals surface area (Å²) in [5.41, 5.74) is 1.96. The topological polar surface area (TPSA) is 26.3 Å². The van der Waals surface area contributed by atoms with Crippen LogP contribution in [0.4, 0.5) is 0 Å². The first kappa shape index (κ1) is 13.4. The first-order chi connectivity index (χ1) is 10.2. The van der Waals surface area contributed by atoms with Crippen molar-refractivity contribution in [3.05, 3.63) is 83.9 Å². The molecule has 0 aliphatic rings. The molecular weight excluding hydrogens is 260 g/mol. The fourth-order valence-electron chi connectivity index (χ4n) is 2.49. The van der Waals surface area contributed by atoms with E-state index in [0.717, 1.165) is 16.5 Å². The molecule has 0 spiro atoms. The first-order valence-corrected chi connectivity index (χ1v) is 6.95. The van der Waals surface area contributed by atoms with Gasteiger partial charge in [-0.05, 0) is 28.0 Å². The standard InChI is InChI=1S/C19H16O2/c1-14(20)21-19(16-8-3-2-4-9-16)18-12-11-15-7-5-6-10-17(15)13-18/h2-13,19H,1H3/t19-/m1/s1. The van der Waals surface area contributed by atoms with Crippen molar-refractivity contribution in [3.63, 3.8) is 0 Å². The van der Waals surface area contributed by atoms with Crippen molar-refractivity contribution in [2.24, 2.45) is 0 Å². The lowest BCUT2D eigenvalue weighted by molar-refractivity contribution is -0.144. The second kappa shape index (κ2) is 5.80. The van der Waals surface area contributed by atoms with E-state index < -0.39 is 0 Å². The van der Waals surface area contributed by atoms with E-state index >= 15 is 0 Å². The van der Waals surface area contributed by atoms with Crippen LogP contribution in [0.15, 0.2) is 72.8 Å². The Hall–Kier alpha value is -2.61. The molecule has 0 aliphatic heterocycles. The monoisotopic (exact) mass is 276 g/mol. The Morgan fingerprint density at radius 1 is 0.810 bits per heavy atom. The maximum absolute atomic E-state index is 11.4. The Bertz CT molecular complexity index is 763. The average Bonchev–Trinajstić information content (AvgIpc) is 2.53. The van der Waals surface area contributed by atoms with E-state index in [4.69, 9.17) is 4.74 Å². The SMILES string of the molecule is CC(=O)O[C@H](c1ccccc1)c1ccc2ccccc2c1. The maximum Gasteiger partial charge on any atom is 0.303 e. The summed E-state index contributed by atoms with van der Waals surface area (Å²) in [6, 6.07) is 24.1. The van der Waals surface area contributed by atoms with Gasteiger partial charge in [-0.1, -0.05) is 66.7 Å². The summed E-state index contributed by atoms with van der Waals surface area (Å²) < 4.78 is 5.53. The minimum atomic E-state index is -0.367. The van der Waals surface area contributed by atoms with Gasteiger partial charge >= 0.3 is 5.97 Å². The molecule has 0 N–H and O–H groups in total. The number of esters is 1. The van der Waals surface area contributed by atoms with Crippen LogP contribution < -0.4 is 0 Å². The van der Waals surface area contributed by atoms with E-state index in [9.17, 15) is 4.79 Å². The lowest BCUT2D eigenvalue weighted by Gasteiger charge is -2.18. The van der Waals surface area contributed by atoms with Gasteiger partial charge in [0.1, 0.15) is 0 Å². The second-order valence-electron chi connectivity index (χ2n) is 5.01. The fourth-order valence-corrected chi connectivity index (χ4v) is 2.49. The summed E-state index contributed by atoms with van der Waals surface area (Å²) in [5, 5.41) is 2.32. The first-order valence-electron chi connectivity index (χ1n) is 6.95. The lowest BCUT2D eigenvalue weighted by atomic mass is 9.98. The summed E-state index contributed by atoms with van der Waals surface area (Å²) in [6.45, 7) is 1.44. The molecule has 2 nitrogen and oxygen atoms in total. The van der Waals surface area contributed by atoms with Crippen molar-refractivity contribution in [2.75, 3.05) is 0 Å². The van der Waals surface area contributed by atoms with E-state index in [1.807, 2.05) is 48.5 Å². The van der Waals surface area contributed by atoms with E-state index in [1.54, 1.807) is 0 Å². The molecule has 0 saturated heterocycles. The van der Waals surface area contributed by atoms with Gasteiger partial charge < -0.3 is 4.74 Å². The predicted molar refractivity (Wildman–Crippen MR) is 84.0 cm³/mol. The predicted octanol–water partition coefficient (Wildman–Crippen LogP) is 4.49. The van der Waals surface area contributed by atoms with Gasteiger partial charge in [-0.25, -0.2) is 0 Å². The van der Waals surface area contributed by atoms with Crippen LogP contribution in [0.1, 0.15) is 24.2 Å². The molecular formula is C19H16O2. The highest BCUT2D eigenvalue weighted by Crippen LogP contribution is 2.28. The summed E-state index contributed by atoms with van der Waals surface area (Å²) in [5.74, 6) is -0.281. The van der Waals surface area contributed by atoms with Crippen LogP contribution in [0.5, 0.6) is 0 Å². The zero-order valence-corrected chi connectivity index (χ0v) is 11.8. The van der Waals surface area contributed by atoms with Crippen LogP contribution in [-0.2, 0) is 9.53 Å². The van der Waals surface area contributed by atoms with E-state index in [0.29, 0.717) is 0 Å². The van der Waals surface area contributed by atoms with E-state index in [2.05, 4.69) is 24.3 Å². The Morgan fingerprint density at radius 2 is 1.48 bits per heavy atom. The molecule has 0 fully saturated rings. The molecule has 2 heteroatoms. The van der Waals surface area contributed by atoms with Gasteiger partial charge in [-0.2, -0.15) is 0 Å². The Kier molecular flexibility index (Phi) is 3.69. The number of fused-ring (bicyclic) bond motifs is 1. The molecule has 3 aromatic rings. The summed E-state index contributed by atoms with van der Waals surface area (Å²) in [4.78, 5) is 11.4. The number of rotatable bonds is 3. The van der Waals surface area contributed by atoms with Gasteiger partial charge in [0.25, 0.3) is 0 Å². The Balaban J connectivity index is 2.07. The van der Waals surface area contributed by atoms with Crippen LogP contribution in [0.2, 0.25) is 0 Å². The molecule has 0 aromatic heterocycles. The number of carbonyl (C=O) groups excluding carboxylic acids is 1. The van der Waals surface area contributed by atoms with Crippen LogP contribution in [-0.4, -0.2) is 5.97 Å². The number of hydrogen-bond donors (Lipinski definition) is 0. The molecule has 3 rings (SSSR count). The molecule has 3 aromatic carbocycles. The fraction of sp³-hybridized carbons (Fsp3) is 0.105. The number of ether oxygens (including phenoxy) is 1. The molecule has 21 heavy (non-hydrogen) atoms. The molecule has 0 heterocycles. The van der Waals surface area contributed by atoms with E-state index in [-0.39, 0.29) is 12.1 Å². The Morgan fingerprint density at radius 3 is 2.19 bits per heavy atom. The third-order valence-corrected chi connectivity index (χ3v) is 3.46. The number of benzene rings is 3.